The van der Waals surface area contributed by atoms with Crippen LogP contribution in [0.3, 0.4) is 0 Å². The monoisotopic (exact) mass is 269 g/mol. The first-order valence-corrected chi connectivity index (χ1v) is 7.85. The molecule has 1 aliphatic rings. The molecule has 0 spiro atoms. The predicted molar refractivity (Wildman–Crippen MR) is 84.0 cm³/mol. The Morgan fingerprint density at radius 3 is 3.00 bits per heavy atom. The summed E-state index contributed by atoms with van der Waals surface area (Å²) < 4.78 is 0. The number of aryl methyl sites for hydroxylation is 2. The molecule has 98 valence electrons. The van der Waals surface area contributed by atoms with E-state index in [-0.39, 0.29) is 0 Å². The van der Waals surface area contributed by atoms with Crippen LogP contribution in [0.2, 0.25) is 0 Å². The van der Waals surface area contributed by atoms with Gasteiger partial charge in [0.15, 0.2) is 0 Å². The molecule has 2 aromatic carbocycles. The SMILES string of the molecule is Cc1cccc(CSc2ccc3c(c2)CCCN3)c1. The summed E-state index contributed by atoms with van der Waals surface area (Å²) in [4.78, 5) is 1.38. The molecule has 0 amide bonds. The second-order valence-electron chi connectivity index (χ2n) is 5.13. The lowest BCUT2D eigenvalue weighted by Crippen LogP contribution is -2.11. The van der Waals surface area contributed by atoms with Crippen LogP contribution in [0.5, 0.6) is 0 Å². The average Bonchev–Trinajstić information content (AvgIpc) is 2.45. The molecule has 0 atom stereocenters. The molecule has 1 heterocycles. The van der Waals surface area contributed by atoms with Crippen molar-refractivity contribution < 1.29 is 0 Å². The summed E-state index contributed by atoms with van der Waals surface area (Å²) in [5.41, 5.74) is 5.54. The van der Waals surface area contributed by atoms with Gasteiger partial charge in [-0.05, 0) is 49.1 Å². The van der Waals surface area contributed by atoms with Gasteiger partial charge in [-0.25, -0.2) is 0 Å². The topological polar surface area (TPSA) is 12.0 Å². The third-order valence-corrected chi connectivity index (χ3v) is 4.57. The van der Waals surface area contributed by atoms with Crippen molar-refractivity contribution in [3.8, 4) is 0 Å². The molecule has 0 fully saturated rings. The average molecular weight is 269 g/mol. The van der Waals surface area contributed by atoms with Gasteiger partial charge in [0.2, 0.25) is 0 Å². The fraction of sp³-hybridized carbons (Fsp3) is 0.294. The van der Waals surface area contributed by atoms with E-state index in [1.54, 1.807) is 0 Å². The zero-order valence-electron chi connectivity index (χ0n) is 11.3. The molecule has 3 rings (SSSR count). The Bertz CT molecular complexity index is 577. The number of anilines is 1. The van der Waals surface area contributed by atoms with E-state index in [2.05, 4.69) is 54.7 Å². The molecule has 1 N–H and O–H groups in total. The van der Waals surface area contributed by atoms with Crippen molar-refractivity contribution in [3.05, 3.63) is 59.2 Å². The van der Waals surface area contributed by atoms with E-state index in [4.69, 9.17) is 0 Å². The second-order valence-corrected chi connectivity index (χ2v) is 6.18. The maximum atomic E-state index is 3.46. The summed E-state index contributed by atoms with van der Waals surface area (Å²) in [5, 5.41) is 3.46. The Morgan fingerprint density at radius 2 is 2.11 bits per heavy atom. The predicted octanol–water partition coefficient (Wildman–Crippen LogP) is 4.65. The first-order valence-electron chi connectivity index (χ1n) is 6.86. The van der Waals surface area contributed by atoms with Crippen LogP contribution in [-0.2, 0) is 12.2 Å². The van der Waals surface area contributed by atoms with Crippen LogP contribution in [0, 0.1) is 6.92 Å². The minimum Gasteiger partial charge on any atom is -0.385 e. The molecule has 0 unspecified atom stereocenters. The number of rotatable bonds is 3. The first-order chi connectivity index (χ1) is 9.31. The maximum Gasteiger partial charge on any atom is 0.0373 e. The zero-order valence-corrected chi connectivity index (χ0v) is 12.1. The van der Waals surface area contributed by atoms with Crippen LogP contribution in [0.1, 0.15) is 23.1 Å². The van der Waals surface area contributed by atoms with Gasteiger partial charge in [-0.15, -0.1) is 11.8 Å². The van der Waals surface area contributed by atoms with Crippen molar-refractivity contribution in [2.24, 2.45) is 0 Å². The number of benzene rings is 2. The van der Waals surface area contributed by atoms with Crippen molar-refractivity contribution in [2.45, 2.75) is 30.4 Å². The molecule has 0 bridgehead atoms. The van der Waals surface area contributed by atoms with Crippen LogP contribution < -0.4 is 5.32 Å². The summed E-state index contributed by atoms with van der Waals surface area (Å²) >= 11 is 1.93. The lowest BCUT2D eigenvalue weighted by atomic mass is 10.0. The largest absolute Gasteiger partial charge is 0.385 e. The number of thioether (sulfide) groups is 1. The van der Waals surface area contributed by atoms with Crippen LogP contribution in [0.15, 0.2) is 47.4 Å². The summed E-state index contributed by atoms with van der Waals surface area (Å²) in [6.45, 7) is 3.27. The normalized spacial score (nSPS) is 13.7. The molecule has 0 aromatic heterocycles. The fourth-order valence-corrected chi connectivity index (χ4v) is 3.41. The van der Waals surface area contributed by atoms with E-state index < -0.39 is 0 Å². The zero-order chi connectivity index (χ0) is 13.1. The molecular formula is C17H19NS. The molecule has 19 heavy (non-hydrogen) atoms. The number of nitrogens with one attached hydrogen (secondary N) is 1. The molecule has 0 aliphatic carbocycles. The summed E-state index contributed by atoms with van der Waals surface area (Å²) in [6.07, 6.45) is 2.46. The van der Waals surface area contributed by atoms with E-state index in [9.17, 15) is 0 Å². The Morgan fingerprint density at radius 1 is 1.16 bits per heavy atom. The number of hydrogen-bond acceptors (Lipinski definition) is 2. The van der Waals surface area contributed by atoms with Gasteiger partial charge in [0.25, 0.3) is 0 Å². The second kappa shape index (κ2) is 5.70. The molecule has 1 nitrogen and oxygen atoms in total. The Labute approximate surface area is 119 Å². The Hall–Kier alpha value is -1.41. The van der Waals surface area contributed by atoms with Crippen LogP contribution in [0.25, 0.3) is 0 Å². The van der Waals surface area contributed by atoms with Crippen molar-refractivity contribution in [3.63, 3.8) is 0 Å². The van der Waals surface area contributed by atoms with Gasteiger partial charge in [-0.1, -0.05) is 29.8 Å². The molecule has 0 saturated carbocycles. The van der Waals surface area contributed by atoms with Gasteiger partial charge in [0.05, 0.1) is 0 Å². The molecule has 2 heteroatoms. The van der Waals surface area contributed by atoms with E-state index in [1.807, 2.05) is 11.8 Å². The Kier molecular flexibility index (Phi) is 3.79. The summed E-state index contributed by atoms with van der Waals surface area (Å²) in [7, 11) is 0. The van der Waals surface area contributed by atoms with Gasteiger partial charge in [-0.3, -0.25) is 0 Å². The minimum absolute atomic E-state index is 1.05. The van der Waals surface area contributed by atoms with Crippen LogP contribution in [-0.4, -0.2) is 6.54 Å². The molecular weight excluding hydrogens is 250 g/mol. The van der Waals surface area contributed by atoms with E-state index in [0.29, 0.717) is 0 Å². The van der Waals surface area contributed by atoms with Crippen LogP contribution >= 0.6 is 11.8 Å². The quantitative estimate of drug-likeness (QED) is 0.814. The number of fused-ring (bicyclic) bond motifs is 1. The summed E-state index contributed by atoms with van der Waals surface area (Å²) in [6, 6.07) is 15.6. The highest BCUT2D eigenvalue weighted by atomic mass is 32.2. The first kappa shape index (κ1) is 12.6. The van der Waals surface area contributed by atoms with Crippen molar-refractivity contribution in [1.29, 1.82) is 0 Å². The fourth-order valence-electron chi connectivity index (χ4n) is 2.51. The smallest absolute Gasteiger partial charge is 0.0373 e. The van der Waals surface area contributed by atoms with Gasteiger partial charge >= 0.3 is 0 Å². The Balaban J connectivity index is 1.70. The molecule has 2 aromatic rings. The van der Waals surface area contributed by atoms with Gasteiger partial charge in [0, 0.05) is 22.9 Å². The maximum absolute atomic E-state index is 3.46. The standard InChI is InChI=1S/C17H19NS/c1-13-4-2-5-14(10-13)12-19-16-7-8-17-15(11-16)6-3-9-18-17/h2,4-5,7-8,10-11,18H,3,6,9,12H2,1H3. The molecule has 0 radical (unpaired) electrons. The third-order valence-electron chi connectivity index (χ3n) is 3.50. The lowest BCUT2D eigenvalue weighted by Gasteiger charge is -2.18. The van der Waals surface area contributed by atoms with Gasteiger partial charge < -0.3 is 5.32 Å². The highest BCUT2D eigenvalue weighted by Crippen LogP contribution is 2.29. The van der Waals surface area contributed by atoms with Crippen molar-refractivity contribution in [2.75, 3.05) is 11.9 Å². The van der Waals surface area contributed by atoms with Crippen LogP contribution in [0.4, 0.5) is 5.69 Å². The number of hydrogen-bond donors (Lipinski definition) is 1. The summed E-state index contributed by atoms with van der Waals surface area (Å²) in [5.74, 6) is 1.05. The van der Waals surface area contributed by atoms with Crippen molar-refractivity contribution in [1.82, 2.24) is 0 Å². The van der Waals surface area contributed by atoms with E-state index >= 15 is 0 Å². The third kappa shape index (κ3) is 3.13. The van der Waals surface area contributed by atoms with Crippen molar-refractivity contribution >= 4 is 17.4 Å². The van der Waals surface area contributed by atoms with E-state index in [1.165, 1.54) is 40.1 Å². The van der Waals surface area contributed by atoms with Gasteiger partial charge in [0.1, 0.15) is 0 Å². The van der Waals surface area contributed by atoms with E-state index in [0.717, 1.165) is 12.3 Å². The highest BCUT2D eigenvalue weighted by molar-refractivity contribution is 7.98. The minimum atomic E-state index is 1.05. The molecule has 0 saturated heterocycles. The molecule has 1 aliphatic heterocycles. The lowest BCUT2D eigenvalue weighted by molar-refractivity contribution is 0.827. The highest BCUT2D eigenvalue weighted by Gasteiger charge is 2.08. The van der Waals surface area contributed by atoms with Gasteiger partial charge in [-0.2, -0.15) is 0 Å².